The predicted octanol–water partition coefficient (Wildman–Crippen LogP) is 3.00. The summed E-state index contributed by atoms with van der Waals surface area (Å²) in [7, 11) is 0. The molecular formula is C20H35N5O. The molecule has 7 N–H and O–H groups in total. The summed E-state index contributed by atoms with van der Waals surface area (Å²) in [5, 5.41) is 20.7. The number of aliphatic hydroxyl groups excluding tert-OH is 1. The van der Waals surface area contributed by atoms with E-state index in [1.165, 1.54) is 0 Å². The summed E-state index contributed by atoms with van der Waals surface area (Å²) in [6, 6.07) is 0. The first-order valence-electron chi connectivity index (χ1n) is 8.74. The zero-order valence-electron chi connectivity index (χ0n) is 15.9. The number of rotatable bonds is 9. The Kier molecular flexibility index (Phi) is 8.38. The molecule has 0 aromatic rings. The molecule has 0 saturated carbocycles. The maximum Gasteiger partial charge on any atom is 0.158 e. The fourth-order valence-electron chi connectivity index (χ4n) is 2.57. The van der Waals surface area contributed by atoms with Crippen molar-refractivity contribution in [2.24, 2.45) is 21.9 Å². The fraction of sp³-hybridized carbons (Fsp3) is 0.400. The van der Waals surface area contributed by atoms with Gasteiger partial charge < -0.3 is 16.2 Å². The zero-order valence-corrected chi connectivity index (χ0v) is 15.9. The fourth-order valence-corrected chi connectivity index (χ4v) is 2.57. The summed E-state index contributed by atoms with van der Waals surface area (Å²) in [5.41, 5.74) is 14.3. The lowest BCUT2D eigenvalue weighted by molar-refractivity contribution is 0.148. The lowest BCUT2D eigenvalue weighted by Crippen LogP contribution is -2.42. The molecule has 0 fully saturated rings. The molecule has 2 atom stereocenters. The molecule has 0 aliphatic carbocycles. The van der Waals surface area contributed by atoms with Crippen molar-refractivity contribution in [3.8, 4) is 0 Å². The first-order valence-corrected chi connectivity index (χ1v) is 8.74. The molecule has 0 saturated heterocycles. The van der Waals surface area contributed by atoms with E-state index in [2.05, 4.69) is 16.9 Å². The predicted molar refractivity (Wildman–Crippen MR) is 114 cm³/mol. The van der Waals surface area contributed by atoms with Gasteiger partial charge in [-0.05, 0) is 32.3 Å². The monoisotopic (exact) mass is 361 g/mol. The number of nitrogens with zero attached hydrogens (tertiary/aromatic N) is 1. The number of aliphatic imine (C=N–C) groups is 1. The number of allylic oxidation sites excluding steroid dienone is 6. The van der Waals surface area contributed by atoms with E-state index in [1.807, 2.05) is 45.1 Å². The van der Waals surface area contributed by atoms with Crippen LogP contribution in [0.1, 0.15) is 36.5 Å². The van der Waals surface area contributed by atoms with Crippen LogP contribution in [-0.2, 0) is 0 Å². The molecule has 146 valence electrons. The highest BCUT2D eigenvalue weighted by molar-refractivity contribution is 6.12. The van der Waals surface area contributed by atoms with Gasteiger partial charge >= 0.3 is 0 Å². The lowest BCUT2D eigenvalue weighted by Gasteiger charge is -2.30. The van der Waals surface area contributed by atoms with Gasteiger partial charge in [-0.2, -0.15) is 0 Å². The molecule has 1 rings (SSSR count). The van der Waals surface area contributed by atoms with E-state index in [1.54, 1.807) is 12.3 Å². The molecule has 26 heavy (non-hydrogen) atoms. The van der Waals surface area contributed by atoms with Crippen LogP contribution in [0.25, 0.3) is 0 Å². The van der Waals surface area contributed by atoms with Gasteiger partial charge in [-0.1, -0.05) is 43.9 Å². The average molecular weight is 362 g/mol. The Morgan fingerprint density at radius 1 is 1.62 bits per heavy atom. The molecule has 1 aliphatic heterocycles. The third-order valence-electron chi connectivity index (χ3n) is 4.32. The van der Waals surface area contributed by atoms with Crippen LogP contribution in [0.4, 0.5) is 0 Å². The van der Waals surface area contributed by atoms with Crippen molar-refractivity contribution in [1.82, 2.24) is 5.32 Å². The largest absolute Gasteiger partial charge is 0.402 e. The molecule has 6 nitrogen and oxygen atoms in total. The number of aliphatic hydroxyl groups is 1. The van der Waals surface area contributed by atoms with Crippen molar-refractivity contribution < 1.29 is 7.96 Å². The SMILES string of the molecule is C=C/C(=C\C=C/C)C1=CCC(C)(C(=N)/C(CNC(N)O)=C(\N)CC)C=N1.[HH].[HH]. The quantitative estimate of drug-likeness (QED) is 0.246. The number of nitrogens with one attached hydrogen (secondary N) is 2. The lowest BCUT2D eigenvalue weighted by atomic mass is 9.77. The molecule has 2 unspecified atom stereocenters. The van der Waals surface area contributed by atoms with Crippen molar-refractivity contribution in [3.63, 3.8) is 0 Å². The van der Waals surface area contributed by atoms with Gasteiger partial charge in [0.2, 0.25) is 0 Å². The maximum atomic E-state index is 9.28. The van der Waals surface area contributed by atoms with Crippen LogP contribution in [0, 0.1) is 10.8 Å². The maximum absolute atomic E-state index is 9.28. The molecule has 0 aromatic heterocycles. The van der Waals surface area contributed by atoms with E-state index in [4.69, 9.17) is 16.9 Å². The standard InChI is InChI=1S/C20H31N5O.2H2/c1-5-8-9-14(6-2)17-10-11-20(4,13-25-17)18(22)15(16(21)7-3)12-24-19(23)26;;/h5-6,8-10,13,19,22,24,26H,2,7,11-12,21,23H2,1,3-4H3;2*1H/b8-5-,14-9+,16-15-,22-18?;;. The van der Waals surface area contributed by atoms with Crippen LogP contribution in [0.3, 0.4) is 0 Å². The van der Waals surface area contributed by atoms with Gasteiger partial charge in [-0.15, -0.1) is 0 Å². The first kappa shape index (κ1) is 21.8. The second-order valence-corrected chi connectivity index (χ2v) is 6.38. The topological polar surface area (TPSA) is 121 Å². The van der Waals surface area contributed by atoms with Crippen molar-refractivity contribution >= 4 is 11.9 Å². The molecule has 0 amide bonds. The van der Waals surface area contributed by atoms with Gasteiger partial charge in [-0.3, -0.25) is 16.0 Å². The average Bonchev–Trinajstić information content (AvgIpc) is 2.63. The van der Waals surface area contributed by atoms with Gasteiger partial charge in [0.15, 0.2) is 6.35 Å². The van der Waals surface area contributed by atoms with E-state index in [-0.39, 0.29) is 9.40 Å². The molecule has 1 aliphatic rings. The van der Waals surface area contributed by atoms with E-state index < -0.39 is 11.8 Å². The third kappa shape index (κ3) is 5.62. The minimum Gasteiger partial charge on any atom is -0.402 e. The Morgan fingerprint density at radius 3 is 2.77 bits per heavy atom. The van der Waals surface area contributed by atoms with Crippen LogP contribution < -0.4 is 16.8 Å². The summed E-state index contributed by atoms with van der Waals surface area (Å²) in [6.07, 6.45) is 11.5. The minimum absolute atomic E-state index is 0. The van der Waals surface area contributed by atoms with E-state index in [9.17, 15) is 5.11 Å². The van der Waals surface area contributed by atoms with Crippen molar-refractivity contribution in [1.29, 1.82) is 5.41 Å². The van der Waals surface area contributed by atoms with Gasteiger partial charge in [-0.25, -0.2) is 0 Å². The highest BCUT2D eigenvalue weighted by Crippen LogP contribution is 2.32. The number of hydrogen-bond acceptors (Lipinski definition) is 6. The molecule has 6 heteroatoms. The van der Waals surface area contributed by atoms with Crippen LogP contribution in [0.2, 0.25) is 0 Å². The molecule has 0 spiro atoms. The van der Waals surface area contributed by atoms with Crippen LogP contribution in [-0.4, -0.2) is 29.9 Å². The van der Waals surface area contributed by atoms with Crippen LogP contribution in [0.15, 0.2) is 64.5 Å². The van der Waals surface area contributed by atoms with Gasteiger partial charge in [0.25, 0.3) is 0 Å². The normalized spacial score (nSPS) is 22.8. The highest BCUT2D eigenvalue weighted by atomic mass is 16.3. The van der Waals surface area contributed by atoms with Crippen LogP contribution in [0.5, 0.6) is 0 Å². The van der Waals surface area contributed by atoms with Gasteiger partial charge in [0.1, 0.15) is 0 Å². The summed E-state index contributed by atoms with van der Waals surface area (Å²) in [5.74, 6) is 0. The molecule has 0 bridgehead atoms. The Bertz CT molecular complexity index is 693. The van der Waals surface area contributed by atoms with E-state index in [0.29, 0.717) is 29.8 Å². The molecule has 0 aromatic carbocycles. The van der Waals surface area contributed by atoms with E-state index >= 15 is 0 Å². The van der Waals surface area contributed by atoms with Crippen molar-refractivity contribution in [3.05, 3.63) is 59.5 Å². The second-order valence-electron chi connectivity index (χ2n) is 6.38. The number of nitrogens with two attached hydrogens (primary N) is 2. The Morgan fingerprint density at radius 2 is 2.31 bits per heavy atom. The third-order valence-corrected chi connectivity index (χ3v) is 4.32. The van der Waals surface area contributed by atoms with Crippen molar-refractivity contribution in [2.75, 3.05) is 6.54 Å². The van der Waals surface area contributed by atoms with Gasteiger partial charge in [0, 0.05) is 38.0 Å². The Labute approximate surface area is 159 Å². The smallest absolute Gasteiger partial charge is 0.158 e. The molecule has 1 heterocycles. The van der Waals surface area contributed by atoms with Crippen LogP contribution >= 0.6 is 0 Å². The Balaban J connectivity index is 0. The summed E-state index contributed by atoms with van der Waals surface area (Å²) < 4.78 is 0. The van der Waals surface area contributed by atoms with E-state index in [0.717, 1.165) is 11.3 Å². The second kappa shape index (κ2) is 10.0. The number of hydrogen-bond donors (Lipinski definition) is 5. The highest BCUT2D eigenvalue weighted by Gasteiger charge is 2.32. The minimum atomic E-state index is -1.16. The summed E-state index contributed by atoms with van der Waals surface area (Å²) in [4.78, 5) is 4.55. The van der Waals surface area contributed by atoms with Crippen molar-refractivity contribution in [2.45, 2.75) is 40.0 Å². The molecular weight excluding hydrogens is 326 g/mol. The zero-order chi connectivity index (χ0) is 19.7. The Hall–Kier alpha value is -2.28. The molecule has 0 radical (unpaired) electrons. The first-order chi connectivity index (χ1) is 12.3. The summed E-state index contributed by atoms with van der Waals surface area (Å²) in [6.45, 7) is 9.90. The summed E-state index contributed by atoms with van der Waals surface area (Å²) >= 11 is 0. The van der Waals surface area contributed by atoms with Gasteiger partial charge in [0.05, 0.1) is 5.70 Å².